The molecule has 4 rings (SSSR count). The lowest BCUT2D eigenvalue weighted by Crippen LogP contribution is -2.27. The maximum absolute atomic E-state index is 11.8. The summed E-state index contributed by atoms with van der Waals surface area (Å²) in [4.78, 5) is 20.1. The fourth-order valence-electron chi connectivity index (χ4n) is 3.24. The molecule has 0 aliphatic heterocycles. The molecule has 172 valence electrons. The fraction of sp³-hybridized carbons (Fsp3) is 0.0833. The summed E-state index contributed by atoms with van der Waals surface area (Å²) >= 11 is 11.8. The van der Waals surface area contributed by atoms with Crippen LogP contribution in [0.2, 0.25) is 5.02 Å². The third-order valence-corrected chi connectivity index (χ3v) is 5.47. The van der Waals surface area contributed by atoms with Crippen molar-refractivity contribution in [3.63, 3.8) is 0 Å². The molecular weight excluding hydrogens is 474 g/mol. The number of anilines is 1. The molecule has 8 nitrogen and oxygen atoms in total. The average molecular weight is 494 g/mol. The van der Waals surface area contributed by atoms with Gasteiger partial charge >= 0.3 is 0 Å². The first kappa shape index (κ1) is 23.2. The highest BCUT2D eigenvalue weighted by molar-refractivity contribution is 7.80. The predicted octanol–water partition coefficient (Wildman–Crippen LogP) is 4.67. The van der Waals surface area contributed by atoms with Crippen molar-refractivity contribution in [3.05, 3.63) is 83.3 Å². The van der Waals surface area contributed by atoms with Gasteiger partial charge in [0, 0.05) is 42.7 Å². The van der Waals surface area contributed by atoms with Gasteiger partial charge in [-0.3, -0.25) is 14.8 Å². The second-order valence-electron chi connectivity index (χ2n) is 7.15. The van der Waals surface area contributed by atoms with E-state index in [2.05, 4.69) is 20.6 Å². The van der Waals surface area contributed by atoms with Crippen molar-refractivity contribution in [2.45, 2.75) is 6.54 Å². The van der Waals surface area contributed by atoms with Crippen LogP contribution in [0.4, 0.5) is 5.69 Å². The first-order valence-electron chi connectivity index (χ1n) is 10.1. The minimum Gasteiger partial charge on any atom is -0.496 e. The number of aromatic nitrogens is 2. The van der Waals surface area contributed by atoms with Gasteiger partial charge in [-0.15, -0.1) is 0 Å². The number of nitrogens with one attached hydrogen (secondary N) is 2. The number of rotatable bonds is 7. The van der Waals surface area contributed by atoms with E-state index in [1.165, 1.54) is 7.11 Å². The molecule has 4 N–H and O–H groups in total. The van der Waals surface area contributed by atoms with Crippen molar-refractivity contribution >= 4 is 51.4 Å². The van der Waals surface area contributed by atoms with Crippen LogP contribution in [0.5, 0.6) is 17.2 Å². The normalized spacial score (nSPS) is 10.5. The van der Waals surface area contributed by atoms with Crippen molar-refractivity contribution < 1.29 is 14.3 Å². The topological polar surface area (TPSA) is 111 Å². The summed E-state index contributed by atoms with van der Waals surface area (Å²) in [6, 6.07) is 13.9. The highest BCUT2D eigenvalue weighted by atomic mass is 35.5. The zero-order valence-corrected chi connectivity index (χ0v) is 19.6. The number of fused-ring (bicyclic) bond motifs is 1. The van der Waals surface area contributed by atoms with Gasteiger partial charge in [-0.2, -0.15) is 0 Å². The van der Waals surface area contributed by atoms with Gasteiger partial charge in [0.25, 0.3) is 5.91 Å². The van der Waals surface area contributed by atoms with Crippen molar-refractivity contribution in [3.8, 4) is 17.2 Å². The molecule has 10 heteroatoms. The van der Waals surface area contributed by atoms with Crippen LogP contribution in [0, 0.1) is 0 Å². The number of carbonyl (C=O) groups is 1. The lowest BCUT2D eigenvalue weighted by molar-refractivity contribution is 0.0997. The minimum atomic E-state index is -0.611. The number of primary amides is 1. The van der Waals surface area contributed by atoms with Crippen LogP contribution in [0.15, 0.2) is 67.1 Å². The molecule has 0 aliphatic carbocycles. The summed E-state index contributed by atoms with van der Waals surface area (Å²) < 4.78 is 11.3. The molecule has 4 aromatic rings. The average Bonchev–Trinajstić information content (AvgIpc) is 2.84. The first-order chi connectivity index (χ1) is 16.4. The number of pyridine rings is 2. The molecule has 0 fully saturated rings. The number of ether oxygens (including phenoxy) is 2. The van der Waals surface area contributed by atoms with E-state index in [0.717, 1.165) is 5.56 Å². The largest absolute Gasteiger partial charge is 0.496 e. The van der Waals surface area contributed by atoms with Gasteiger partial charge in [0.05, 0.1) is 28.9 Å². The van der Waals surface area contributed by atoms with Crippen molar-refractivity contribution in [1.29, 1.82) is 0 Å². The summed E-state index contributed by atoms with van der Waals surface area (Å²) in [6.45, 7) is 0.556. The number of halogens is 1. The predicted molar refractivity (Wildman–Crippen MR) is 136 cm³/mol. The lowest BCUT2D eigenvalue weighted by Gasteiger charge is -2.14. The quantitative estimate of drug-likeness (QED) is 0.318. The molecule has 2 aromatic carbocycles. The van der Waals surface area contributed by atoms with Gasteiger partial charge in [0.15, 0.2) is 5.11 Å². The molecule has 0 atom stereocenters. The molecule has 2 heterocycles. The molecule has 2 aromatic heterocycles. The van der Waals surface area contributed by atoms with Crippen molar-refractivity contribution in [2.75, 3.05) is 12.4 Å². The zero-order chi connectivity index (χ0) is 24.1. The van der Waals surface area contributed by atoms with Crippen LogP contribution >= 0.6 is 23.8 Å². The van der Waals surface area contributed by atoms with E-state index >= 15 is 0 Å². The number of thiocarbonyl (C=S) groups is 1. The van der Waals surface area contributed by atoms with Crippen LogP contribution in [0.3, 0.4) is 0 Å². The van der Waals surface area contributed by atoms with Crippen LogP contribution in [-0.2, 0) is 6.54 Å². The van der Waals surface area contributed by atoms with E-state index < -0.39 is 5.91 Å². The van der Waals surface area contributed by atoms with E-state index in [4.69, 9.17) is 39.0 Å². The molecule has 1 amide bonds. The highest BCUT2D eigenvalue weighted by Gasteiger charge is 2.15. The summed E-state index contributed by atoms with van der Waals surface area (Å²) in [6.07, 6.45) is 5.05. The van der Waals surface area contributed by atoms with Gasteiger partial charge in [0.1, 0.15) is 17.2 Å². The number of hydrogen-bond acceptors (Lipinski definition) is 6. The number of methoxy groups -OCH3 is 1. The van der Waals surface area contributed by atoms with Crippen molar-refractivity contribution in [1.82, 2.24) is 15.3 Å². The van der Waals surface area contributed by atoms with Crippen LogP contribution < -0.4 is 25.8 Å². The Labute approximate surface area is 206 Å². The monoisotopic (exact) mass is 493 g/mol. The van der Waals surface area contributed by atoms with Crippen molar-refractivity contribution in [2.24, 2.45) is 5.73 Å². The smallest absolute Gasteiger partial charge is 0.252 e. The second kappa shape index (κ2) is 10.3. The number of carbonyl (C=O) groups excluding carboxylic acids is 1. The van der Waals surface area contributed by atoms with E-state index in [0.29, 0.717) is 50.5 Å². The summed E-state index contributed by atoms with van der Waals surface area (Å²) in [5.41, 5.74) is 8.00. The molecule has 0 spiro atoms. The Morgan fingerprint density at radius 2 is 1.88 bits per heavy atom. The Balaban J connectivity index is 1.50. The van der Waals surface area contributed by atoms with Gasteiger partial charge in [-0.1, -0.05) is 11.6 Å². The molecule has 0 aliphatic rings. The third-order valence-electron chi connectivity index (χ3n) is 4.91. The number of nitrogens with zero attached hydrogens (tertiary/aromatic N) is 2. The lowest BCUT2D eigenvalue weighted by atomic mass is 10.1. The minimum absolute atomic E-state index is 0.234. The summed E-state index contributed by atoms with van der Waals surface area (Å²) in [5.74, 6) is 0.716. The van der Waals surface area contributed by atoms with Gasteiger partial charge in [0.2, 0.25) is 0 Å². The highest BCUT2D eigenvalue weighted by Crippen LogP contribution is 2.35. The zero-order valence-electron chi connectivity index (χ0n) is 18.0. The second-order valence-corrected chi connectivity index (χ2v) is 7.97. The first-order valence-corrected chi connectivity index (χ1v) is 10.9. The van der Waals surface area contributed by atoms with E-state index in [9.17, 15) is 4.79 Å². The number of benzene rings is 2. The molecule has 34 heavy (non-hydrogen) atoms. The van der Waals surface area contributed by atoms with Gasteiger partial charge in [-0.25, -0.2) is 0 Å². The molecule has 0 saturated carbocycles. The third kappa shape index (κ3) is 5.33. The fourth-order valence-corrected chi connectivity index (χ4v) is 3.64. The van der Waals surface area contributed by atoms with E-state index in [1.807, 2.05) is 12.1 Å². The Morgan fingerprint density at radius 1 is 1.09 bits per heavy atom. The molecular formula is C24H20ClN5O3S. The standard InChI is InChI=1S/C24H20ClN5O3S/c1-32-22-12-20-16(11-17(22)23(26)31)21(6-9-28-20)33-15-2-3-19(18(25)10-15)30-24(34)29-13-14-4-7-27-8-5-14/h2-12H,13H2,1H3,(H2,26,31)(H2,29,30,34). The van der Waals surface area contributed by atoms with Crippen LogP contribution in [-0.4, -0.2) is 28.1 Å². The summed E-state index contributed by atoms with van der Waals surface area (Å²) in [7, 11) is 1.46. The molecule has 0 saturated heterocycles. The van der Waals surface area contributed by atoms with Crippen LogP contribution in [0.25, 0.3) is 10.9 Å². The maximum Gasteiger partial charge on any atom is 0.252 e. The Morgan fingerprint density at radius 3 is 2.59 bits per heavy atom. The molecule has 0 radical (unpaired) electrons. The Bertz CT molecular complexity index is 1370. The maximum atomic E-state index is 11.8. The van der Waals surface area contributed by atoms with E-state index in [-0.39, 0.29) is 5.56 Å². The Kier molecular flexibility index (Phi) is 7.05. The van der Waals surface area contributed by atoms with Gasteiger partial charge in [-0.05, 0) is 54.2 Å². The van der Waals surface area contributed by atoms with Crippen LogP contribution in [0.1, 0.15) is 15.9 Å². The SMILES string of the molecule is COc1cc2nccc(Oc3ccc(NC(=S)NCc4ccncc4)c(Cl)c3)c2cc1C(N)=O. The van der Waals surface area contributed by atoms with Gasteiger partial charge < -0.3 is 25.8 Å². The number of amides is 1. The number of hydrogen-bond donors (Lipinski definition) is 3. The van der Waals surface area contributed by atoms with E-state index in [1.54, 1.807) is 55.0 Å². The Hall–Kier alpha value is -3.95. The summed E-state index contributed by atoms with van der Waals surface area (Å²) in [5, 5.41) is 7.66. The molecule has 0 unspecified atom stereocenters. The number of nitrogens with two attached hydrogens (primary N) is 1. The molecule has 0 bridgehead atoms.